The largest absolute Gasteiger partial charge is 0.494 e. The zero-order valence-electron chi connectivity index (χ0n) is 15.0. The van der Waals surface area contributed by atoms with Crippen molar-refractivity contribution in [2.24, 2.45) is 4.40 Å². The van der Waals surface area contributed by atoms with Crippen LogP contribution in [0.5, 0.6) is 0 Å². The molecule has 0 spiro atoms. The Morgan fingerprint density at radius 3 is 1.96 bits per heavy atom. The number of benzene rings is 1. The van der Waals surface area contributed by atoms with Crippen LogP contribution in [0, 0.1) is 0 Å². The lowest BCUT2D eigenvalue weighted by Gasteiger charge is -2.32. The van der Waals surface area contributed by atoms with Gasteiger partial charge in [-0.25, -0.2) is 4.21 Å². The van der Waals surface area contributed by atoms with Gasteiger partial charge in [0.15, 0.2) is 0 Å². The van der Waals surface area contributed by atoms with Crippen LogP contribution >= 0.6 is 0 Å². The van der Waals surface area contributed by atoms with E-state index in [-0.39, 0.29) is 23.1 Å². The van der Waals surface area contributed by atoms with Gasteiger partial charge in [0.1, 0.15) is 11.0 Å². The Kier molecular flexibility index (Phi) is 4.91. The zero-order chi connectivity index (χ0) is 17.5. The van der Waals surface area contributed by atoms with Crippen LogP contribution in [0.25, 0.3) is 0 Å². The number of rotatable bonds is 3. The average molecular weight is 335 g/mol. The summed E-state index contributed by atoms with van der Waals surface area (Å²) >= 11 is 0. The molecule has 1 aromatic carbocycles. The molecule has 6 heteroatoms. The molecule has 1 saturated heterocycles. The van der Waals surface area contributed by atoms with Crippen LogP contribution in [0.1, 0.15) is 54.0 Å². The molecule has 2 rings (SSSR count). The van der Waals surface area contributed by atoms with Crippen molar-refractivity contribution in [2.45, 2.75) is 64.4 Å². The van der Waals surface area contributed by atoms with Crippen molar-refractivity contribution in [2.75, 3.05) is 0 Å². The maximum absolute atomic E-state index is 11.9. The molecule has 0 saturated carbocycles. The molecule has 1 fully saturated rings. The van der Waals surface area contributed by atoms with Crippen LogP contribution in [0.15, 0.2) is 28.7 Å². The second kappa shape index (κ2) is 6.15. The molecule has 126 valence electrons. The van der Waals surface area contributed by atoms with Crippen LogP contribution in [-0.2, 0) is 20.3 Å². The fourth-order valence-electron chi connectivity index (χ4n) is 1.99. The minimum Gasteiger partial charge on any atom is -0.399 e. The third kappa shape index (κ3) is 4.11. The topological polar surface area (TPSA) is 47.9 Å². The zero-order valence-corrected chi connectivity index (χ0v) is 15.9. The van der Waals surface area contributed by atoms with Crippen LogP contribution in [-0.4, -0.2) is 33.5 Å². The van der Waals surface area contributed by atoms with Crippen LogP contribution in [0.4, 0.5) is 0 Å². The Morgan fingerprint density at radius 1 is 1.04 bits per heavy atom. The highest BCUT2D eigenvalue weighted by Gasteiger charge is 2.51. The summed E-state index contributed by atoms with van der Waals surface area (Å²) in [6.45, 7) is 13.9. The fraction of sp³-hybridized carbons (Fsp3) is 0.588. The van der Waals surface area contributed by atoms with E-state index in [9.17, 15) is 4.21 Å². The third-order valence-electron chi connectivity index (χ3n) is 4.28. The Bertz CT molecular complexity index is 602. The summed E-state index contributed by atoms with van der Waals surface area (Å²) in [5.41, 5.74) is 1.18. The molecule has 0 aromatic heterocycles. The third-order valence-corrected chi connectivity index (χ3v) is 5.63. The predicted octanol–water partition coefficient (Wildman–Crippen LogP) is 2.87. The van der Waals surface area contributed by atoms with Gasteiger partial charge in [-0.2, -0.15) is 4.40 Å². The summed E-state index contributed by atoms with van der Waals surface area (Å²) < 4.78 is 27.8. The molecule has 1 heterocycles. The molecule has 4 nitrogen and oxygen atoms in total. The molecule has 0 N–H and O–H groups in total. The normalized spacial score (nSPS) is 21.8. The second-order valence-electron chi connectivity index (χ2n) is 7.85. The van der Waals surface area contributed by atoms with Gasteiger partial charge in [-0.3, -0.25) is 0 Å². The lowest BCUT2D eigenvalue weighted by molar-refractivity contribution is 0.00578. The first-order valence-corrected chi connectivity index (χ1v) is 8.95. The molecule has 0 bridgehead atoms. The highest BCUT2D eigenvalue weighted by molar-refractivity contribution is 7.85. The van der Waals surface area contributed by atoms with Gasteiger partial charge in [-0.15, -0.1) is 0 Å². The summed E-state index contributed by atoms with van der Waals surface area (Å²) in [5, 5.41) is 0. The van der Waals surface area contributed by atoms with Crippen molar-refractivity contribution in [3.05, 3.63) is 29.8 Å². The maximum Gasteiger partial charge on any atom is 0.494 e. The van der Waals surface area contributed by atoms with Crippen molar-refractivity contribution in [3.8, 4) is 0 Å². The Labute approximate surface area is 142 Å². The molecule has 1 aliphatic heterocycles. The standard InChI is InChI=1S/C17H26BNO3S/c1-15(2,3)23(20)19-12-13-8-10-14(11-9-13)18-21-16(4,5)17(6,7)22-18/h8-12H,1-7H3/t23-/m0/s1. The van der Waals surface area contributed by atoms with Gasteiger partial charge in [0.25, 0.3) is 0 Å². The maximum atomic E-state index is 11.9. The van der Waals surface area contributed by atoms with E-state index in [2.05, 4.69) is 4.40 Å². The van der Waals surface area contributed by atoms with Crippen molar-refractivity contribution >= 4 is 29.8 Å². The summed E-state index contributed by atoms with van der Waals surface area (Å²) in [6, 6.07) is 7.79. The van der Waals surface area contributed by atoms with E-state index in [0.29, 0.717) is 0 Å². The Hall–Kier alpha value is -0.975. The lowest BCUT2D eigenvalue weighted by atomic mass is 9.79. The fourth-order valence-corrected chi connectivity index (χ4v) is 2.52. The first-order valence-electron chi connectivity index (χ1n) is 7.84. The Balaban J connectivity index is 2.10. The quantitative estimate of drug-likeness (QED) is 0.630. The molecule has 0 radical (unpaired) electrons. The molecule has 23 heavy (non-hydrogen) atoms. The van der Waals surface area contributed by atoms with Crippen LogP contribution < -0.4 is 5.46 Å². The predicted molar refractivity (Wildman–Crippen MR) is 97.6 cm³/mol. The van der Waals surface area contributed by atoms with Crippen molar-refractivity contribution < 1.29 is 13.5 Å². The number of hydrogen-bond acceptors (Lipinski definition) is 3. The van der Waals surface area contributed by atoms with E-state index in [1.54, 1.807) is 6.21 Å². The minimum absolute atomic E-state index is 0.346. The monoisotopic (exact) mass is 335 g/mol. The SMILES string of the molecule is CC(C)(C)[S@](=O)N=Cc1ccc(B2OC(C)(C)C(C)(C)O2)cc1. The van der Waals surface area contributed by atoms with Crippen LogP contribution in [0.2, 0.25) is 0 Å². The van der Waals surface area contributed by atoms with Gasteiger partial charge >= 0.3 is 7.12 Å². The highest BCUT2D eigenvalue weighted by Crippen LogP contribution is 2.36. The second-order valence-corrected chi connectivity index (χ2v) is 9.78. The van der Waals surface area contributed by atoms with Crippen molar-refractivity contribution in [1.29, 1.82) is 0 Å². The summed E-state index contributed by atoms with van der Waals surface area (Å²) in [7, 11) is -1.61. The van der Waals surface area contributed by atoms with E-state index in [1.165, 1.54) is 0 Å². The van der Waals surface area contributed by atoms with Gasteiger partial charge in [0, 0.05) is 6.21 Å². The smallest absolute Gasteiger partial charge is 0.399 e. The summed E-state index contributed by atoms with van der Waals surface area (Å²) in [5.74, 6) is 0. The van der Waals surface area contributed by atoms with Crippen molar-refractivity contribution in [3.63, 3.8) is 0 Å². The van der Waals surface area contributed by atoms with E-state index in [0.717, 1.165) is 11.0 Å². The molecule has 1 aromatic rings. The van der Waals surface area contributed by atoms with Crippen LogP contribution in [0.3, 0.4) is 0 Å². The molecule has 1 atom stereocenters. The average Bonchev–Trinajstić information content (AvgIpc) is 2.64. The molecule has 0 aliphatic carbocycles. The van der Waals surface area contributed by atoms with Gasteiger partial charge in [0.2, 0.25) is 0 Å². The van der Waals surface area contributed by atoms with Gasteiger partial charge in [0.05, 0.1) is 15.9 Å². The Morgan fingerprint density at radius 2 is 1.52 bits per heavy atom. The van der Waals surface area contributed by atoms with Gasteiger partial charge < -0.3 is 9.31 Å². The number of hydrogen-bond donors (Lipinski definition) is 0. The molecule has 0 unspecified atom stereocenters. The minimum atomic E-state index is -1.25. The first-order chi connectivity index (χ1) is 10.4. The molecular formula is C17H26BNO3S. The van der Waals surface area contributed by atoms with E-state index >= 15 is 0 Å². The summed E-state index contributed by atoms with van der Waals surface area (Å²) in [6.07, 6.45) is 1.65. The highest BCUT2D eigenvalue weighted by atomic mass is 32.2. The molecular weight excluding hydrogens is 309 g/mol. The summed E-state index contributed by atoms with van der Waals surface area (Å²) in [4.78, 5) is 0. The van der Waals surface area contributed by atoms with E-state index < -0.39 is 11.0 Å². The van der Waals surface area contributed by atoms with Gasteiger partial charge in [-0.1, -0.05) is 24.3 Å². The van der Waals surface area contributed by atoms with E-state index in [1.807, 2.05) is 72.7 Å². The lowest BCUT2D eigenvalue weighted by Crippen LogP contribution is -2.41. The number of nitrogens with zero attached hydrogens (tertiary/aromatic N) is 1. The van der Waals surface area contributed by atoms with E-state index in [4.69, 9.17) is 9.31 Å². The molecule has 0 amide bonds. The van der Waals surface area contributed by atoms with Crippen molar-refractivity contribution in [1.82, 2.24) is 0 Å². The first kappa shape index (κ1) is 18.4. The van der Waals surface area contributed by atoms with Gasteiger partial charge in [-0.05, 0) is 59.5 Å². The molecule has 1 aliphatic rings.